The van der Waals surface area contributed by atoms with Crippen molar-refractivity contribution >= 4 is 15.7 Å². The van der Waals surface area contributed by atoms with Crippen molar-refractivity contribution in [2.24, 2.45) is 0 Å². The number of rotatable bonds is 3. The number of anilines is 1. The Bertz CT molecular complexity index is 603. The highest BCUT2D eigenvalue weighted by molar-refractivity contribution is 7.89. The fourth-order valence-electron chi connectivity index (χ4n) is 3.38. The van der Waals surface area contributed by atoms with Crippen molar-refractivity contribution in [2.45, 2.75) is 30.2 Å². The Balaban J connectivity index is 1.85. The van der Waals surface area contributed by atoms with Crippen LogP contribution in [0.1, 0.15) is 19.3 Å². The molecule has 0 amide bonds. The number of nitrogens with zero attached hydrogens (tertiary/aromatic N) is 2. The minimum Gasteiger partial charge on any atom is -0.387 e. The van der Waals surface area contributed by atoms with Gasteiger partial charge in [-0.1, -0.05) is 18.6 Å². The second kappa shape index (κ2) is 5.94. The van der Waals surface area contributed by atoms with Crippen molar-refractivity contribution in [1.82, 2.24) is 9.21 Å². The molecule has 0 aromatic heterocycles. The van der Waals surface area contributed by atoms with Crippen molar-refractivity contribution < 1.29 is 8.42 Å². The summed E-state index contributed by atoms with van der Waals surface area (Å²) >= 11 is 0. The van der Waals surface area contributed by atoms with E-state index < -0.39 is 10.0 Å². The van der Waals surface area contributed by atoms with Crippen molar-refractivity contribution in [3.63, 3.8) is 0 Å². The zero-order chi connectivity index (χ0) is 14.9. The first-order valence-corrected chi connectivity index (χ1v) is 9.08. The Hall–Kier alpha value is -1.11. The smallest absolute Gasteiger partial charge is 0.245 e. The summed E-state index contributed by atoms with van der Waals surface area (Å²) in [6.07, 6.45) is 3.56. The van der Waals surface area contributed by atoms with Crippen LogP contribution in [0, 0.1) is 0 Å². The lowest BCUT2D eigenvalue weighted by molar-refractivity contribution is 0.0852. The predicted molar refractivity (Wildman–Crippen MR) is 84.0 cm³/mol. The zero-order valence-electron chi connectivity index (χ0n) is 12.5. The topological polar surface area (TPSA) is 52.7 Å². The van der Waals surface area contributed by atoms with Crippen molar-refractivity contribution in [1.29, 1.82) is 0 Å². The normalized spacial score (nSPS) is 24.5. The second-order valence-corrected chi connectivity index (χ2v) is 7.70. The van der Waals surface area contributed by atoms with Gasteiger partial charge in [0.1, 0.15) is 4.90 Å². The lowest BCUT2D eigenvalue weighted by Gasteiger charge is -2.43. The van der Waals surface area contributed by atoms with Crippen molar-refractivity contribution in [2.75, 3.05) is 38.5 Å². The van der Waals surface area contributed by atoms with Crippen LogP contribution >= 0.6 is 0 Å². The van der Waals surface area contributed by atoms with E-state index in [1.165, 1.54) is 12.8 Å². The lowest BCUT2D eigenvalue weighted by Crippen LogP contribution is -2.56. The van der Waals surface area contributed by atoms with E-state index in [4.69, 9.17) is 0 Å². The maximum absolute atomic E-state index is 12.9. The van der Waals surface area contributed by atoms with Crippen LogP contribution in [-0.4, -0.2) is 56.9 Å². The number of nitrogens with one attached hydrogen (secondary N) is 1. The largest absolute Gasteiger partial charge is 0.387 e. The van der Waals surface area contributed by atoms with Gasteiger partial charge in [-0.3, -0.25) is 4.90 Å². The van der Waals surface area contributed by atoms with Gasteiger partial charge in [-0.25, -0.2) is 8.42 Å². The molecule has 2 heterocycles. The van der Waals surface area contributed by atoms with Gasteiger partial charge in [0.15, 0.2) is 0 Å². The summed E-state index contributed by atoms with van der Waals surface area (Å²) in [4.78, 5) is 2.83. The van der Waals surface area contributed by atoms with E-state index in [1.807, 2.05) is 12.1 Å². The van der Waals surface area contributed by atoms with E-state index >= 15 is 0 Å². The van der Waals surface area contributed by atoms with Crippen LogP contribution in [0.15, 0.2) is 29.2 Å². The fraction of sp³-hybridized carbons (Fsp3) is 0.600. The van der Waals surface area contributed by atoms with Crippen LogP contribution in [0.5, 0.6) is 0 Å². The van der Waals surface area contributed by atoms with Gasteiger partial charge < -0.3 is 5.32 Å². The number of hydrogen-bond donors (Lipinski definition) is 1. The summed E-state index contributed by atoms with van der Waals surface area (Å²) in [5.41, 5.74) is 0.670. The van der Waals surface area contributed by atoms with Gasteiger partial charge in [0, 0.05) is 32.7 Å². The van der Waals surface area contributed by atoms with Gasteiger partial charge in [0.2, 0.25) is 10.0 Å². The number of piperidine rings is 1. The Morgan fingerprint density at radius 3 is 2.76 bits per heavy atom. The molecule has 0 bridgehead atoms. The van der Waals surface area contributed by atoms with Gasteiger partial charge >= 0.3 is 0 Å². The molecule has 1 unspecified atom stereocenters. The summed E-state index contributed by atoms with van der Waals surface area (Å²) in [6.45, 7) is 3.19. The molecule has 21 heavy (non-hydrogen) atoms. The molecular weight excluding hydrogens is 286 g/mol. The molecule has 2 aliphatic heterocycles. The van der Waals surface area contributed by atoms with E-state index in [2.05, 4.69) is 10.2 Å². The Kier molecular flexibility index (Phi) is 4.19. The summed E-state index contributed by atoms with van der Waals surface area (Å²) in [5.74, 6) is 0. The SMILES string of the molecule is CNc1ccccc1S(=O)(=O)N1CCN2CCCCC2C1. The Morgan fingerprint density at radius 2 is 1.95 bits per heavy atom. The Labute approximate surface area is 127 Å². The van der Waals surface area contributed by atoms with Crippen LogP contribution < -0.4 is 5.32 Å². The monoisotopic (exact) mass is 309 g/mol. The average molecular weight is 309 g/mol. The molecule has 1 aromatic rings. The third kappa shape index (κ3) is 2.80. The molecule has 1 N–H and O–H groups in total. The van der Waals surface area contributed by atoms with E-state index in [-0.39, 0.29) is 0 Å². The molecule has 3 rings (SSSR count). The number of para-hydroxylation sites is 1. The maximum Gasteiger partial charge on any atom is 0.245 e. The first-order valence-electron chi connectivity index (χ1n) is 7.64. The predicted octanol–water partition coefficient (Wildman–Crippen LogP) is 1.59. The van der Waals surface area contributed by atoms with E-state index in [1.54, 1.807) is 23.5 Å². The van der Waals surface area contributed by atoms with Crippen LogP contribution in [0.4, 0.5) is 5.69 Å². The summed E-state index contributed by atoms with van der Waals surface area (Å²) in [7, 11) is -1.65. The Morgan fingerprint density at radius 1 is 1.14 bits per heavy atom. The van der Waals surface area contributed by atoms with E-state index in [9.17, 15) is 8.42 Å². The summed E-state index contributed by atoms with van der Waals surface area (Å²) < 4.78 is 27.5. The van der Waals surface area contributed by atoms with Crippen LogP contribution in [0.25, 0.3) is 0 Å². The molecule has 0 radical (unpaired) electrons. The van der Waals surface area contributed by atoms with Gasteiger partial charge in [-0.2, -0.15) is 4.31 Å². The number of fused-ring (bicyclic) bond motifs is 1. The minimum absolute atomic E-state index is 0.386. The number of sulfonamides is 1. The van der Waals surface area contributed by atoms with Crippen LogP contribution in [-0.2, 0) is 10.0 Å². The third-order valence-electron chi connectivity index (χ3n) is 4.57. The second-order valence-electron chi connectivity index (χ2n) is 5.79. The summed E-state index contributed by atoms with van der Waals surface area (Å²) in [6, 6.07) is 7.52. The van der Waals surface area contributed by atoms with Gasteiger partial charge in [0.05, 0.1) is 5.69 Å². The third-order valence-corrected chi connectivity index (χ3v) is 6.50. The average Bonchev–Trinajstić information content (AvgIpc) is 2.54. The molecule has 0 saturated carbocycles. The molecule has 0 spiro atoms. The molecule has 1 aromatic carbocycles. The molecule has 6 heteroatoms. The van der Waals surface area contributed by atoms with Gasteiger partial charge in [-0.05, 0) is 31.5 Å². The molecular formula is C15H23N3O2S. The number of benzene rings is 1. The quantitative estimate of drug-likeness (QED) is 0.921. The number of hydrogen-bond acceptors (Lipinski definition) is 4. The number of piperazine rings is 1. The lowest BCUT2D eigenvalue weighted by atomic mass is 10.0. The van der Waals surface area contributed by atoms with E-state index in [0.717, 1.165) is 19.5 Å². The molecule has 5 nitrogen and oxygen atoms in total. The van der Waals surface area contributed by atoms with Crippen molar-refractivity contribution in [3.8, 4) is 0 Å². The molecule has 1 atom stereocenters. The molecule has 116 valence electrons. The first-order chi connectivity index (χ1) is 10.1. The van der Waals surface area contributed by atoms with Gasteiger partial charge in [0.25, 0.3) is 0 Å². The molecule has 0 aliphatic carbocycles. The highest BCUT2D eigenvalue weighted by Crippen LogP contribution is 2.28. The van der Waals surface area contributed by atoms with Gasteiger partial charge in [-0.15, -0.1) is 0 Å². The molecule has 2 saturated heterocycles. The van der Waals surface area contributed by atoms with Crippen molar-refractivity contribution in [3.05, 3.63) is 24.3 Å². The molecule has 2 aliphatic rings. The summed E-state index contributed by atoms with van der Waals surface area (Å²) in [5, 5.41) is 2.98. The minimum atomic E-state index is -3.41. The molecule has 2 fully saturated rings. The highest BCUT2D eigenvalue weighted by atomic mass is 32.2. The standard InChI is InChI=1S/C15H23N3O2S/c1-16-14-7-2-3-8-15(14)21(19,20)18-11-10-17-9-5-4-6-13(17)12-18/h2-3,7-8,13,16H,4-6,9-12H2,1H3. The highest BCUT2D eigenvalue weighted by Gasteiger charge is 2.35. The maximum atomic E-state index is 12.9. The van der Waals surface area contributed by atoms with E-state index in [0.29, 0.717) is 29.7 Å². The first kappa shape index (κ1) is 14.8. The zero-order valence-corrected chi connectivity index (χ0v) is 13.3. The van der Waals surface area contributed by atoms with Crippen LogP contribution in [0.2, 0.25) is 0 Å². The van der Waals surface area contributed by atoms with Crippen LogP contribution in [0.3, 0.4) is 0 Å². The fourth-order valence-corrected chi connectivity index (χ4v) is 5.05.